The Morgan fingerprint density at radius 2 is 1.38 bits per heavy atom. The van der Waals surface area contributed by atoms with Gasteiger partial charge in [0.25, 0.3) is 5.91 Å². The molecule has 0 aliphatic carbocycles. The van der Waals surface area contributed by atoms with Crippen LogP contribution < -0.4 is 26.0 Å². The highest BCUT2D eigenvalue weighted by Gasteiger charge is 2.53. The molecule has 2 saturated heterocycles. The van der Waals surface area contributed by atoms with Gasteiger partial charge in [0.15, 0.2) is 12.6 Å². The molecule has 7 rings (SSSR count). The third kappa shape index (κ3) is 8.88. The largest absolute Gasteiger partial charge is 0.497 e. The molecular weight excluding hydrogens is 685 g/mol. The Balaban J connectivity index is 1.24. The Kier molecular flexibility index (Phi) is 11.7. The first-order valence-electron chi connectivity index (χ1n) is 18.0. The summed E-state index contributed by atoms with van der Waals surface area (Å²) in [6, 6.07) is 45.3. The number of carbonyl (C=O) groups is 1. The van der Waals surface area contributed by atoms with Crippen LogP contribution in [0.1, 0.15) is 48.5 Å². The summed E-state index contributed by atoms with van der Waals surface area (Å²) in [7, 11) is 0.577. The lowest BCUT2D eigenvalue weighted by Gasteiger charge is -2.50. The molecule has 9 heteroatoms. The minimum Gasteiger partial charge on any atom is -0.497 e. The summed E-state index contributed by atoms with van der Waals surface area (Å²) in [5, 5.41) is 6.60. The van der Waals surface area contributed by atoms with E-state index in [9.17, 15) is 4.79 Å². The lowest BCUT2D eigenvalue weighted by Crippen LogP contribution is -2.68. The van der Waals surface area contributed by atoms with E-state index in [-0.39, 0.29) is 19.1 Å². The molecule has 2 heterocycles. The number of amides is 1. The van der Waals surface area contributed by atoms with E-state index in [0.717, 1.165) is 32.8 Å². The standard InChI is InChI=1S/C44H46NO7P/c1-44(2,3)52-40-38(45-41(46)35-22-14-15-23-37(35)53(33-18-10-6-11-19-33)34-20-12-7-13-21-34)43(48-28-30-16-8-5-9-17-30)50-36-29-49-42(51-39(36)40)31-24-26-32(47-4)27-25-31/h5-27,36,38-40,42-43H,28-29H2,1-4H3,(H,45,46)/t36-,38-,39-,40-,42-,43+/m1/s1. The lowest BCUT2D eigenvalue weighted by atomic mass is 9.94. The fourth-order valence-electron chi connectivity index (χ4n) is 6.77. The van der Waals surface area contributed by atoms with Gasteiger partial charge in [-0.3, -0.25) is 4.79 Å². The summed E-state index contributed by atoms with van der Waals surface area (Å²) >= 11 is 0. The van der Waals surface area contributed by atoms with Gasteiger partial charge in [-0.2, -0.15) is 0 Å². The van der Waals surface area contributed by atoms with Crippen LogP contribution in [0.3, 0.4) is 0 Å². The summed E-state index contributed by atoms with van der Waals surface area (Å²) in [6.45, 7) is 6.52. The zero-order valence-electron chi connectivity index (χ0n) is 30.5. The number of hydrogen-bond acceptors (Lipinski definition) is 7. The smallest absolute Gasteiger partial charge is 0.252 e. The van der Waals surface area contributed by atoms with E-state index >= 15 is 0 Å². The molecule has 0 aromatic heterocycles. The van der Waals surface area contributed by atoms with Crippen molar-refractivity contribution in [2.75, 3.05) is 13.7 Å². The quantitative estimate of drug-likeness (QED) is 0.150. The first kappa shape index (κ1) is 36.9. The van der Waals surface area contributed by atoms with Crippen molar-refractivity contribution in [3.8, 4) is 5.75 Å². The molecule has 1 N–H and O–H groups in total. The summed E-state index contributed by atoms with van der Waals surface area (Å²) < 4.78 is 38.3. The van der Waals surface area contributed by atoms with Crippen molar-refractivity contribution in [1.82, 2.24) is 5.32 Å². The first-order valence-corrected chi connectivity index (χ1v) is 19.3. The second-order valence-electron chi connectivity index (χ2n) is 14.1. The molecule has 0 bridgehead atoms. The van der Waals surface area contributed by atoms with Gasteiger partial charge >= 0.3 is 0 Å². The van der Waals surface area contributed by atoms with Gasteiger partial charge in [-0.15, -0.1) is 0 Å². The van der Waals surface area contributed by atoms with Crippen LogP contribution in [0, 0.1) is 0 Å². The molecule has 0 spiro atoms. The van der Waals surface area contributed by atoms with Crippen molar-refractivity contribution in [3.05, 3.63) is 156 Å². The van der Waals surface area contributed by atoms with E-state index in [0.29, 0.717) is 5.56 Å². The van der Waals surface area contributed by atoms with Gasteiger partial charge in [0.2, 0.25) is 0 Å². The van der Waals surface area contributed by atoms with E-state index < -0.39 is 50.5 Å². The van der Waals surface area contributed by atoms with Crippen LogP contribution in [0.2, 0.25) is 0 Å². The van der Waals surface area contributed by atoms with Crippen LogP contribution in [-0.2, 0) is 30.3 Å². The SMILES string of the molecule is COc1ccc([C@@H]2OC[C@H]3O[C@H](OCc4ccccc4)[C@H](NC(=O)c4ccccc4P(c4ccccc4)c4ccccc4)[C@@H](OC(C)(C)C)[C@@H]3O2)cc1. The van der Waals surface area contributed by atoms with Crippen molar-refractivity contribution in [2.24, 2.45) is 0 Å². The average Bonchev–Trinajstić information content (AvgIpc) is 3.19. The van der Waals surface area contributed by atoms with Crippen molar-refractivity contribution in [3.63, 3.8) is 0 Å². The Bertz CT molecular complexity index is 1880. The van der Waals surface area contributed by atoms with Crippen molar-refractivity contribution in [1.29, 1.82) is 0 Å². The second-order valence-corrected chi connectivity index (χ2v) is 16.3. The van der Waals surface area contributed by atoms with Crippen molar-refractivity contribution in [2.45, 2.75) is 69.9 Å². The number of benzene rings is 5. The number of ether oxygens (including phenoxy) is 6. The van der Waals surface area contributed by atoms with E-state index in [4.69, 9.17) is 28.4 Å². The average molecular weight is 732 g/mol. The molecule has 5 aromatic rings. The molecule has 2 aliphatic rings. The highest BCUT2D eigenvalue weighted by molar-refractivity contribution is 7.80. The summed E-state index contributed by atoms with van der Waals surface area (Å²) in [6.07, 6.45) is -3.29. The van der Waals surface area contributed by atoms with Gasteiger partial charge in [0.05, 0.1) is 25.9 Å². The highest BCUT2D eigenvalue weighted by atomic mass is 31.1. The van der Waals surface area contributed by atoms with Crippen LogP contribution in [0.4, 0.5) is 0 Å². The van der Waals surface area contributed by atoms with E-state index in [1.807, 2.05) is 130 Å². The molecule has 5 aromatic carbocycles. The molecule has 0 unspecified atom stereocenters. The lowest BCUT2D eigenvalue weighted by molar-refractivity contribution is -0.355. The maximum atomic E-state index is 14.8. The predicted octanol–water partition coefficient (Wildman–Crippen LogP) is 6.79. The molecule has 2 aliphatic heterocycles. The van der Waals surface area contributed by atoms with Crippen LogP contribution in [-0.4, -0.2) is 55.9 Å². The predicted molar refractivity (Wildman–Crippen MR) is 207 cm³/mol. The number of methoxy groups -OCH3 is 1. The van der Waals surface area contributed by atoms with Crippen LogP contribution in [0.25, 0.3) is 0 Å². The molecule has 8 nitrogen and oxygen atoms in total. The molecule has 2 fully saturated rings. The molecule has 0 radical (unpaired) electrons. The summed E-state index contributed by atoms with van der Waals surface area (Å²) in [5.41, 5.74) is 1.80. The number of carbonyl (C=O) groups excluding carboxylic acids is 1. The van der Waals surface area contributed by atoms with E-state index in [2.05, 4.69) is 35.6 Å². The zero-order valence-corrected chi connectivity index (χ0v) is 31.4. The fraction of sp³-hybridized carbons (Fsp3) is 0.295. The topological polar surface area (TPSA) is 84.5 Å². The van der Waals surface area contributed by atoms with Crippen LogP contribution >= 0.6 is 7.92 Å². The first-order chi connectivity index (χ1) is 25.8. The minimum absolute atomic E-state index is 0.249. The third-order valence-electron chi connectivity index (χ3n) is 9.19. The number of nitrogens with one attached hydrogen (secondary N) is 1. The molecule has 6 atom stereocenters. The minimum atomic E-state index is -1.06. The fourth-order valence-corrected chi connectivity index (χ4v) is 9.22. The zero-order chi connectivity index (χ0) is 36.8. The van der Waals surface area contributed by atoms with Gasteiger partial charge in [-0.25, -0.2) is 0 Å². The maximum Gasteiger partial charge on any atom is 0.252 e. The number of rotatable bonds is 11. The second kappa shape index (κ2) is 16.7. The van der Waals surface area contributed by atoms with Crippen molar-refractivity contribution >= 4 is 29.7 Å². The molecule has 1 amide bonds. The van der Waals surface area contributed by atoms with E-state index in [1.165, 1.54) is 0 Å². The van der Waals surface area contributed by atoms with Crippen LogP contribution in [0.15, 0.2) is 140 Å². The maximum absolute atomic E-state index is 14.8. The Morgan fingerprint density at radius 1 is 0.774 bits per heavy atom. The highest BCUT2D eigenvalue weighted by Crippen LogP contribution is 2.38. The van der Waals surface area contributed by atoms with Gasteiger partial charge in [0, 0.05) is 11.1 Å². The Morgan fingerprint density at radius 3 is 2.00 bits per heavy atom. The molecule has 274 valence electrons. The summed E-state index contributed by atoms with van der Waals surface area (Å²) in [4.78, 5) is 14.8. The monoisotopic (exact) mass is 731 g/mol. The Labute approximate surface area is 313 Å². The van der Waals surface area contributed by atoms with Crippen LogP contribution in [0.5, 0.6) is 5.75 Å². The number of hydrogen-bond donors (Lipinski definition) is 1. The van der Waals surface area contributed by atoms with Gasteiger partial charge < -0.3 is 33.7 Å². The third-order valence-corrected chi connectivity index (χ3v) is 11.7. The number of fused-ring (bicyclic) bond motifs is 1. The molecule has 0 saturated carbocycles. The van der Waals surface area contributed by atoms with Gasteiger partial charge in [-0.1, -0.05) is 121 Å². The van der Waals surface area contributed by atoms with Gasteiger partial charge in [0.1, 0.15) is 30.1 Å². The Hall–Kier alpha value is -4.40. The van der Waals surface area contributed by atoms with Gasteiger partial charge in [-0.05, 0) is 68.4 Å². The summed E-state index contributed by atoms with van der Waals surface area (Å²) in [5.74, 6) is 0.489. The normalized spacial score (nSPS) is 22.9. The molecular formula is C44H46NO7P. The van der Waals surface area contributed by atoms with E-state index in [1.54, 1.807) is 7.11 Å². The molecule has 53 heavy (non-hydrogen) atoms. The van der Waals surface area contributed by atoms with Crippen molar-refractivity contribution < 1.29 is 33.2 Å².